The second-order valence-corrected chi connectivity index (χ2v) is 9.27. The largest absolute Gasteiger partial charge is 0.492 e. The molecule has 0 spiro atoms. The van der Waals surface area contributed by atoms with Crippen LogP contribution in [0.15, 0.2) is 72.8 Å². The van der Waals surface area contributed by atoms with Gasteiger partial charge in [-0.3, -0.25) is 4.90 Å². The van der Waals surface area contributed by atoms with Gasteiger partial charge in [0.25, 0.3) is 0 Å². The molecule has 1 saturated heterocycles. The average Bonchev–Trinajstić information content (AvgIpc) is 2.96. The topological polar surface area (TPSA) is 120 Å². The van der Waals surface area contributed by atoms with Crippen molar-refractivity contribution in [2.24, 2.45) is 0 Å². The monoisotopic (exact) mass is 572 g/mol. The lowest BCUT2D eigenvalue weighted by molar-refractivity contribution is -0.159. The molecule has 3 aromatic carbocycles. The Morgan fingerprint density at radius 1 is 0.829 bits per heavy atom. The van der Waals surface area contributed by atoms with Gasteiger partial charge in [-0.25, -0.2) is 18.4 Å². The van der Waals surface area contributed by atoms with Crippen LogP contribution in [0.3, 0.4) is 0 Å². The van der Waals surface area contributed by atoms with Gasteiger partial charge in [-0.05, 0) is 54.4 Å². The summed E-state index contributed by atoms with van der Waals surface area (Å²) in [7, 11) is 0. The zero-order valence-corrected chi connectivity index (χ0v) is 22.7. The van der Waals surface area contributed by atoms with Crippen molar-refractivity contribution < 1.29 is 43.2 Å². The minimum Gasteiger partial charge on any atom is -0.492 e. The number of benzene rings is 3. The highest BCUT2D eigenvalue weighted by atomic mass is 19.1. The van der Waals surface area contributed by atoms with Crippen LogP contribution in [0.25, 0.3) is 0 Å². The zero-order valence-electron chi connectivity index (χ0n) is 22.7. The molecule has 0 radical (unpaired) electrons. The lowest BCUT2D eigenvalue weighted by Gasteiger charge is -2.37. The smallest absolute Gasteiger partial charge is 0.414 e. The molecule has 3 aromatic rings. The predicted molar refractivity (Wildman–Crippen MR) is 148 cm³/mol. The van der Waals surface area contributed by atoms with E-state index in [4.69, 9.17) is 29.3 Å². The molecule has 0 aromatic heterocycles. The highest BCUT2D eigenvalue weighted by Crippen LogP contribution is 2.29. The van der Waals surface area contributed by atoms with E-state index < -0.39 is 24.1 Å². The van der Waals surface area contributed by atoms with Gasteiger partial charge in [0.2, 0.25) is 0 Å². The second-order valence-electron chi connectivity index (χ2n) is 9.27. The fourth-order valence-electron chi connectivity index (χ4n) is 4.39. The molecule has 1 heterocycles. The first-order chi connectivity index (χ1) is 19.7. The van der Waals surface area contributed by atoms with Gasteiger partial charge in [-0.2, -0.15) is 0 Å². The number of nitrogens with zero attached hydrogens (tertiary/aromatic N) is 2. The summed E-state index contributed by atoms with van der Waals surface area (Å²) in [4.78, 5) is 22.7. The average molecular weight is 573 g/mol. The number of carboxylic acid groups (broad SMARTS) is 2. The Morgan fingerprint density at radius 2 is 1.34 bits per heavy atom. The van der Waals surface area contributed by atoms with Crippen LogP contribution in [0.5, 0.6) is 5.75 Å². The summed E-state index contributed by atoms with van der Waals surface area (Å²) in [6, 6.07) is 20.1. The number of piperazine rings is 1. The number of β-amino-alcohol motifs (C(OH)–C–C–N with tert-alkyl or cyclic N) is 1. The van der Waals surface area contributed by atoms with Crippen molar-refractivity contribution in [3.8, 4) is 5.75 Å². The van der Waals surface area contributed by atoms with Gasteiger partial charge in [-0.15, -0.1) is 0 Å². The van der Waals surface area contributed by atoms with E-state index in [1.165, 1.54) is 24.3 Å². The molecule has 4 rings (SSSR count). The van der Waals surface area contributed by atoms with E-state index in [0.29, 0.717) is 13.2 Å². The van der Waals surface area contributed by atoms with Crippen LogP contribution in [0, 0.1) is 11.6 Å². The number of aliphatic hydroxyl groups is 1. The van der Waals surface area contributed by atoms with Gasteiger partial charge in [0.1, 0.15) is 23.5 Å². The van der Waals surface area contributed by atoms with Crippen LogP contribution in [0.4, 0.5) is 14.5 Å². The molecule has 0 aliphatic carbocycles. The van der Waals surface area contributed by atoms with Gasteiger partial charge in [0, 0.05) is 32.7 Å². The van der Waals surface area contributed by atoms with Gasteiger partial charge in [0.05, 0.1) is 25.0 Å². The minimum atomic E-state index is -1.82. The number of ether oxygens (including phenoxy) is 2. The van der Waals surface area contributed by atoms with Crippen LogP contribution in [-0.4, -0.2) is 84.2 Å². The highest BCUT2D eigenvalue weighted by molar-refractivity contribution is 6.27. The van der Waals surface area contributed by atoms with E-state index in [2.05, 4.69) is 15.9 Å². The third kappa shape index (κ3) is 9.82. The summed E-state index contributed by atoms with van der Waals surface area (Å²) in [5, 5.41) is 25.5. The molecule has 1 fully saturated rings. The van der Waals surface area contributed by atoms with E-state index in [0.717, 1.165) is 48.7 Å². The summed E-state index contributed by atoms with van der Waals surface area (Å²) in [5.74, 6) is -3.43. The molecule has 9 nitrogen and oxygen atoms in total. The molecular formula is C30H34F2N2O7. The minimum absolute atomic E-state index is 0.104. The van der Waals surface area contributed by atoms with Gasteiger partial charge in [-0.1, -0.05) is 36.4 Å². The number of hydrogen-bond acceptors (Lipinski definition) is 7. The van der Waals surface area contributed by atoms with Crippen molar-refractivity contribution in [3.63, 3.8) is 0 Å². The SMILES string of the molecule is CCOc1ccccc1N1CCN(CC(O)COC(c2ccc(F)cc2)c2ccc(F)cc2)CC1.O=C(O)C(=O)O. The number of aliphatic carboxylic acids is 2. The number of rotatable bonds is 10. The molecule has 220 valence electrons. The van der Waals surface area contributed by atoms with Gasteiger partial charge < -0.3 is 29.7 Å². The Bertz CT molecular complexity index is 1190. The van der Waals surface area contributed by atoms with E-state index in [1.54, 1.807) is 24.3 Å². The summed E-state index contributed by atoms with van der Waals surface area (Å²) in [5.41, 5.74) is 2.58. The van der Waals surface area contributed by atoms with E-state index in [9.17, 15) is 13.9 Å². The fourth-order valence-corrected chi connectivity index (χ4v) is 4.39. The molecule has 1 aliphatic rings. The maximum Gasteiger partial charge on any atom is 0.414 e. The molecule has 1 unspecified atom stereocenters. The number of carbonyl (C=O) groups is 2. The first-order valence-corrected chi connectivity index (χ1v) is 13.1. The highest BCUT2D eigenvalue weighted by Gasteiger charge is 2.23. The van der Waals surface area contributed by atoms with Crippen molar-refractivity contribution in [2.75, 3.05) is 50.8 Å². The van der Waals surface area contributed by atoms with Crippen molar-refractivity contribution in [3.05, 3.63) is 95.6 Å². The van der Waals surface area contributed by atoms with Crippen molar-refractivity contribution in [1.82, 2.24) is 4.90 Å². The fraction of sp³-hybridized carbons (Fsp3) is 0.333. The summed E-state index contributed by atoms with van der Waals surface area (Å²) >= 11 is 0. The van der Waals surface area contributed by atoms with E-state index in [1.807, 2.05) is 25.1 Å². The maximum atomic E-state index is 13.4. The Hall–Kier alpha value is -4.06. The zero-order chi connectivity index (χ0) is 29.8. The Balaban J connectivity index is 0.000000696. The normalized spacial score (nSPS) is 14.2. The van der Waals surface area contributed by atoms with Crippen LogP contribution in [-0.2, 0) is 14.3 Å². The van der Waals surface area contributed by atoms with Crippen LogP contribution >= 0.6 is 0 Å². The third-order valence-electron chi connectivity index (χ3n) is 6.33. The number of para-hydroxylation sites is 2. The van der Waals surface area contributed by atoms with E-state index >= 15 is 0 Å². The molecule has 0 bridgehead atoms. The number of carboxylic acids is 2. The Labute approximate surface area is 237 Å². The number of anilines is 1. The molecule has 1 atom stereocenters. The first-order valence-electron chi connectivity index (χ1n) is 13.1. The summed E-state index contributed by atoms with van der Waals surface area (Å²) in [6.07, 6.45) is -1.22. The molecule has 1 aliphatic heterocycles. The van der Waals surface area contributed by atoms with Crippen molar-refractivity contribution in [1.29, 1.82) is 0 Å². The summed E-state index contributed by atoms with van der Waals surface area (Å²) in [6.45, 7) is 6.51. The molecule has 11 heteroatoms. The second kappa shape index (κ2) is 15.7. The lowest BCUT2D eigenvalue weighted by atomic mass is 10.0. The van der Waals surface area contributed by atoms with Crippen LogP contribution < -0.4 is 9.64 Å². The van der Waals surface area contributed by atoms with Crippen molar-refractivity contribution in [2.45, 2.75) is 19.1 Å². The number of halogens is 2. The van der Waals surface area contributed by atoms with Crippen LogP contribution in [0.1, 0.15) is 24.2 Å². The molecular weight excluding hydrogens is 538 g/mol. The quantitative estimate of drug-likeness (QED) is 0.312. The molecule has 3 N–H and O–H groups in total. The standard InChI is InChI=1S/C28H32F2N2O3.C2H2O4/c1-2-34-27-6-4-3-5-26(27)32-17-15-31(16-18-32)19-25(33)20-35-28(21-7-11-23(29)12-8-21)22-9-13-24(30)14-10-22;3-1(4)2(5)6/h3-14,25,28,33H,2,15-20H2,1H3;(H,3,4)(H,5,6). The maximum absolute atomic E-state index is 13.4. The molecule has 0 saturated carbocycles. The number of hydrogen-bond donors (Lipinski definition) is 3. The molecule has 41 heavy (non-hydrogen) atoms. The predicted octanol–water partition coefficient (Wildman–Crippen LogP) is 3.81. The first kappa shape index (κ1) is 31.5. The third-order valence-corrected chi connectivity index (χ3v) is 6.33. The van der Waals surface area contributed by atoms with Crippen molar-refractivity contribution >= 4 is 17.6 Å². The van der Waals surface area contributed by atoms with Gasteiger partial charge >= 0.3 is 11.9 Å². The van der Waals surface area contributed by atoms with Gasteiger partial charge in [0.15, 0.2) is 0 Å². The Kier molecular flexibility index (Phi) is 12.0. The number of aliphatic hydroxyl groups excluding tert-OH is 1. The Morgan fingerprint density at radius 3 is 1.83 bits per heavy atom. The summed E-state index contributed by atoms with van der Waals surface area (Å²) < 4.78 is 38.7. The lowest BCUT2D eigenvalue weighted by Crippen LogP contribution is -2.49. The molecule has 0 amide bonds. The van der Waals surface area contributed by atoms with E-state index in [-0.39, 0.29) is 18.2 Å². The van der Waals surface area contributed by atoms with Crippen LogP contribution in [0.2, 0.25) is 0 Å².